The summed E-state index contributed by atoms with van der Waals surface area (Å²) in [4.78, 5) is 17.0. The van der Waals surface area contributed by atoms with Gasteiger partial charge in [0.25, 0.3) is 0 Å². The molecular weight excluding hydrogens is 270 g/mol. The number of phenols is 1. The van der Waals surface area contributed by atoms with E-state index in [1.165, 1.54) is 7.11 Å². The number of rotatable bonds is 4. The second kappa shape index (κ2) is 5.83. The van der Waals surface area contributed by atoms with Crippen molar-refractivity contribution in [2.45, 2.75) is 20.3 Å². The molecule has 0 saturated carbocycles. The standard InChI is InChI=1S/C16H17NO4/c1-5-6-11-12-7-8-13(18)9(2)15(12)21-16(19)14(11)10(3)17-20-4/h5,7-8,18H,1,6H2,2-4H3/b17-10+. The largest absolute Gasteiger partial charge is 0.508 e. The molecule has 5 heteroatoms. The van der Waals surface area contributed by atoms with E-state index in [0.29, 0.717) is 28.8 Å². The molecule has 0 saturated heterocycles. The molecular formula is C16H17NO4. The molecule has 0 aliphatic heterocycles. The van der Waals surface area contributed by atoms with E-state index in [-0.39, 0.29) is 5.75 Å². The van der Waals surface area contributed by atoms with E-state index < -0.39 is 5.63 Å². The number of hydrogen-bond donors (Lipinski definition) is 1. The average Bonchev–Trinajstić information content (AvgIpc) is 2.44. The van der Waals surface area contributed by atoms with Gasteiger partial charge in [0.2, 0.25) is 0 Å². The number of allylic oxidation sites excluding steroid dienone is 1. The Morgan fingerprint density at radius 2 is 2.24 bits per heavy atom. The zero-order valence-electron chi connectivity index (χ0n) is 12.3. The molecule has 2 aromatic rings. The lowest BCUT2D eigenvalue weighted by Crippen LogP contribution is -2.17. The highest BCUT2D eigenvalue weighted by molar-refractivity contribution is 6.03. The lowest BCUT2D eigenvalue weighted by molar-refractivity contribution is 0.213. The minimum atomic E-state index is -0.508. The van der Waals surface area contributed by atoms with Crippen molar-refractivity contribution >= 4 is 16.7 Å². The highest BCUT2D eigenvalue weighted by Gasteiger charge is 2.18. The summed E-state index contributed by atoms with van der Waals surface area (Å²) in [5.41, 5.74) is 1.97. The van der Waals surface area contributed by atoms with E-state index >= 15 is 0 Å². The van der Waals surface area contributed by atoms with Gasteiger partial charge in [-0.05, 0) is 38.0 Å². The summed E-state index contributed by atoms with van der Waals surface area (Å²) in [7, 11) is 1.42. The Kier molecular flexibility index (Phi) is 4.12. The van der Waals surface area contributed by atoms with Crippen LogP contribution in [-0.4, -0.2) is 17.9 Å². The van der Waals surface area contributed by atoms with Crippen LogP contribution in [0, 0.1) is 6.92 Å². The van der Waals surface area contributed by atoms with Crippen molar-refractivity contribution in [3.05, 3.63) is 51.9 Å². The molecule has 0 aliphatic carbocycles. The van der Waals surface area contributed by atoms with Gasteiger partial charge in [-0.15, -0.1) is 6.58 Å². The molecule has 0 aliphatic rings. The Bertz CT molecular complexity index is 787. The minimum Gasteiger partial charge on any atom is -0.508 e. The summed E-state index contributed by atoms with van der Waals surface area (Å²) in [6.07, 6.45) is 2.19. The van der Waals surface area contributed by atoms with Gasteiger partial charge in [-0.2, -0.15) is 0 Å². The number of benzene rings is 1. The molecule has 2 rings (SSSR count). The molecule has 0 radical (unpaired) electrons. The van der Waals surface area contributed by atoms with Crippen LogP contribution in [0.3, 0.4) is 0 Å². The topological polar surface area (TPSA) is 72.0 Å². The summed E-state index contributed by atoms with van der Waals surface area (Å²) in [6.45, 7) is 7.11. The van der Waals surface area contributed by atoms with Crippen LogP contribution in [0.25, 0.3) is 11.0 Å². The second-order valence-electron chi connectivity index (χ2n) is 4.68. The SMILES string of the molecule is C=CCc1c(/C(C)=N/OC)c(=O)oc2c(C)c(O)ccc12. The van der Waals surface area contributed by atoms with E-state index in [0.717, 1.165) is 10.9 Å². The van der Waals surface area contributed by atoms with Crippen molar-refractivity contribution in [3.8, 4) is 5.75 Å². The van der Waals surface area contributed by atoms with E-state index in [9.17, 15) is 9.90 Å². The van der Waals surface area contributed by atoms with Crippen LogP contribution in [0.15, 0.2) is 39.2 Å². The Morgan fingerprint density at radius 1 is 1.52 bits per heavy atom. The van der Waals surface area contributed by atoms with E-state index in [4.69, 9.17) is 9.25 Å². The third kappa shape index (κ3) is 2.54. The molecule has 0 atom stereocenters. The average molecular weight is 287 g/mol. The van der Waals surface area contributed by atoms with Crippen LogP contribution in [0.5, 0.6) is 5.75 Å². The van der Waals surface area contributed by atoms with Gasteiger partial charge in [0.05, 0.1) is 11.3 Å². The molecule has 0 amide bonds. The molecule has 5 nitrogen and oxygen atoms in total. The Balaban J connectivity index is 2.94. The maximum atomic E-state index is 12.3. The monoisotopic (exact) mass is 287 g/mol. The second-order valence-corrected chi connectivity index (χ2v) is 4.68. The zero-order valence-corrected chi connectivity index (χ0v) is 12.3. The number of aromatic hydroxyl groups is 1. The quantitative estimate of drug-likeness (QED) is 0.406. The molecule has 1 aromatic carbocycles. The highest BCUT2D eigenvalue weighted by Crippen LogP contribution is 2.29. The third-order valence-corrected chi connectivity index (χ3v) is 3.34. The van der Waals surface area contributed by atoms with Crippen LogP contribution in [0.2, 0.25) is 0 Å². The van der Waals surface area contributed by atoms with Crippen LogP contribution >= 0.6 is 0 Å². The van der Waals surface area contributed by atoms with Crippen molar-refractivity contribution in [1.82, 2.24) is 0 Å². The summed E-state index contributed by atoms with van der Waals surface area (Å²) < 4.78 is 5.37. The van der Waals surface area contributed by atoms with Gasteiger partial charge in [-0.25, -0.2) is 4.79 Å². The fraction of sp³-hybridized carbons (Fsp3) is 0.250. The Hall–Kier alpha value is -2.56. The smallest absolute Gasteiger partial charge is 0.345 e. The van der Waals surface area contributed by atoms with Crippen molar-refractivity contribution in [3.63, 3.8) is 0 Å². The molecule has 0 unspecified atom stereocenters. The molecule has 1 heterocycles. The number of hydrogen-bond acceptors (Lipinski definition) is 5. The molecule has 1 aromatic heterocycles. The lowest BCUT2D eigenvalue weighted by atomic mass is 9.97. The maximum Gasteiger partial charge on any atom is 0.345 e. The van der Waals surface area contributed by atoms with E-state index in [1.54, 1.807) is 32.1 Å². The first-order valence-electron chi connectivity index (χ1n) is 6.48. The van der Waals surface area contributed by atoms with Crippen molar-refractivity contribution in [2.24, 2.45) is 5.16 Å². The molecule has 0 spiro atoms. The van der Waals surface area contributed by atoms with Crippen LogP contribution in [0.1, 0.15) is 23.6 Å². The van der Waals surface area contributed by atoms with Gasteiger partial charge < -0.3 is 14.4 Å². The normalized spacial score (nSPS) is 11.7. The summed E-state index contributed by atoms with van der Waals surface area (Å²) >= 11 is 0. The summed E-state index contributed by atoms with van der Waals surface area (Å²) in [5, 5.41) is 14.3. The Morgan fingerprint density at radius 3 is 2.86 bits per heavy atom. The van der Waals surface area contributed by atoms with Crippen molar-refractivity contribution in [1.29, 1.82) is 0 Å². The molecule has 0 fully saturated rings. The predicted octanol–water partition coefficient (Wildman–Crippen LogP) is 2.91. The first-order chi connectivity index (χ1) is 10.0. The van der Waals surface area contributed by atoms with Crippen LogP contribution in [-0.2, 0) is 11.3 Å². The van der Waals surface area contributed by atoms with E-state index in [1.807, 2.05) is 0 Å². The van der Waals surface area contributed by atoms with Gasteiger partial charge >= 0.3 is 5.63 Å². The number of oxime groups is 1. The minimum absolute atomic E-state index is 0.0882. The lowest BCUT2D eigenvalue weighted by Gasteiger charge is -2.11. The third-order valence-electron chi connectivity index (χ3n) is 3.34. The van der Waals surface area contributed by atoms with Gasteiger partial charge in [0.15, 0.2) is 0 Å². The molecule has 0 bridgehead atoms. The van der Waals surface area contributed by atoms with Gasteiger partial charge in [0.1, 0.15) is 18.4 Å². The summed E-state index contributed by atoms with van der Waals surface area (Å²) in [6, 6.07) is 3.31. The maximum absolute atomic E-state index is 12.3. The zero-order chi connectivity index (χ0) is 15.6. The fourth-order valence-corrected chi connectivity index (χ4v) is 2.36. The molecule has 110 valence electrons. The van der Waals surface area contributed by atoms with Gasteiger partial charge in [-0.1, -0.05) is 11.2 Å². The highest BCUT2D eigenvalue weighted by atomic mass is 16.6. The number of phenolic OH excluding ortho intramolecular Hbond substituents is 1. The molecule has 21 heavy (non-hydrogen) atoms. The van der Waals surface area contributed by atoms with Gasteiger partial charge in [0, 0.05) is 10.9 Å². The first kappa shape index (κ1) is 14.8. The van der Waals surface area contributed by atoms with Crippen LogP contribution in [0.4, 0.5) is 0 Å². The van der Waals surface area contributed by atoms with Crippen LogP contribution < -0.4 is 5.63 Å². The number of fused-ring (bicyclic) bond motifs is 1. The number of aryl methyl sites for hydroxylation is 1. The summed E-state index contributed by atoms with van der Waals surface area (Å²) in [5.74, 6) is 0.0882. The van der Waals surface area contributed by atoms with Gasteiger partial charge in [-0.3, -0.25) is 0 Å². The first-order valence-corrected chi connectivity index (χ1v) is 6.48. The fourth-order valence-electron chi connectivity index (χ4n) is 2.36. The predicted molar refractivity (Wildman–Crippen MR) is 82.0 cm³/mol. The van der Waals surface area contributed by atoms with E-state index in [2.05, 4.69) is 11.7 Å². The number of nitrogens with zero attached hydrogens (tertiary/aromatic N) is 1. The van der Waals surface area contributed by atoms with Crippen molar-refractivity contribution < 1.29 is 14.4 Å². The van der Waals surface area contributed by atoms with Crippen molar-refractivity contribution in [2.75, 3.05) is 7.11 Å². The Labute approximate surface area is 122 Å². The molecule has 1 N–H and O–H groups in total.